The Kier molecular flexibility index (Phi) is 4.82. The molecule has 3 N–H and O–H groups in total. The lowest BCUT2D eigenvalue weighted by Crippen LogP contribution is -2.26. The maximum absolute atomic E-state index is 12.5. The zero-order chi connectivity index (χ0) is 17.3. The standard InChI is InChI=1S/C17H22N4O2S/c1-9-14(11(3)22)10(2)20-15(9)16(23)21-17-19-8-13(24-17)12-4-6-18-7-5-12/h8,12,18,20H,4-7H2,1-3H3,(H,19,21,23). The Labute approximate surface area is 145 Å². The number of aryl methyl sites for hydroxylation is 1. The van der Waals surface area contributed by atoms with E-state index in [9.17, 15) is 9.59 Å². The number of Topliss-reactive ketones (excluding diaryl/α,β-unsaturated/α-hetero) is 1. The smallest absolute Gasteiger partial charge is 0.274 e. The van der Waals surface area contributed by atoms with Crippen molar-refractivity contribution in [3.05, 3.63) is 33.6 Å². The molecule has 3 heterocycles. The SMILES string of the molecule is CC(=O)c1c(C)[nH]c(C(=O)Nc2ncc(C3CCNCC3)s2)c1C. The van der Waals surface area contributed by atoms with Crippen LogP contribution in [0, 0.1) is 13.8 Å². The fraction of sp³-hybridized carbons (Fsp3) is 0.471. The van der Waals surface area contributed by atoms with Gasteiger partial charge in [-0.15, -0.1) is 11.3 Å². The summed E-state index contributed by atoms with van der Waals surface area (Å²) in [6.45, 7) is 7.16. The maximum atomic E-state index is 12.5. The van der Waals surface area contributed by atoms with Gasteiger partial charge in [-0.05, 0) is 58.2 Å². The van der Waals surface area contributed by atoms with Gasteiger partial charge in [0, 0.05) is 22.3 Å². The van der Waals surface area contributed by atoms with E-state index < -0.39 is 0 Å². The number of aromatic amines is 1. The van der Waals surface area contributed by atoms with Gasteiger partial charge in [-0.3, -0.25) is 14.9 Å². The minimum atomic E-state index is -0.255. The Morgan fingerprint density at radius 2 is 2.00 bits per heavy atom. The second-order valence-corrected chi connectivity index (χ2v) is 7.29. The number of rotatable bonds is 4. The van der Waals surface area contributed by atoms with Gasteiger partial charge in [-0.25, -0.2) is 4.98 Å². The highest BCUT2D eigenvalue weighted by molar-refractivity contribution is 7.15. The van der Waals surface area contributed by atoms with E-state index in [-0.39, 0.29) is 11.7 Å². The third kappa shape index (κ3) is 3.27. The number of amides is 1. The summed E-state index contributed by atoms with van der Waals surface area (Å²) >= 11 is 1.53. The molecule has 0 aliphatic carbocycles. The van der Waals surface area contributed by atoms with Crippen LogP contribution in [0.15, 0.2) is 6.20 Å². The number of carbonyl (C=O) groups excluding carboxylic acids is 2. The number of hydrogen-bond donors (Lipinski definition) is 3. The average Bonchev–Trinajstić information content (AvgIpc) is 3.12. The van der Waals surface area contributed by atoms with E-state index in [0.29, 0.717) is 27.9 Å². The number of H-pyrrole nitrogens is 1. The first-order valence-electron chi connectivity index (χ1n) is 8.15. The number of ketones is 1. The molecule has 1 aliphatic rings. The van der Waals surface area contributed by atoms with Gasteiger partial charge < -0.3 is 10.3 Å². The third-order valence-corrected chi connectivity index (χ3v) is 5.58. The summed E-state index contributed by atoms with van der Waals surface area (Å²) in [6, 6.07) is 0. The van der Waals surface area contributed by atoms with Crippen molar-refractivity contribution >= 4 is 28.2 Å². The quantitative estimate of drug-likeness (QED) is 0.743. The number of carbonyl (C=O) groups is 2. The van der Waals surface area contributed by atoms with E-state index in [1.807, 2.05) is 6.20 Å². The van der Waals surface area contributed by atoms with Crippen LogP contribution in [0.2, 0.25) is 0 Å². The van der Waals surface area contributed by atoms with Crippen molar-refractivity contribution in [2.45, 2.75) is 39.5 Å². The summed E-state index contributed by atoms with van der Waals surface area (Å²) < 4.78 is 0. The number of thiazole rings is 1. The predicted octanol–water partition coefficient (Wildman–Crippen LogP) is 3.01. The van der Waals surface area contributed by atoms with E-state index in [4.69, 9.17) is 0 Å². The minimum absolute atomic E-state index is 0.0391. The zero-order valence-corrected chi connectivity index (χ0v) is 15.0. The lowest BCUT2D eigenvalue weighted by Gasteiger charge is -2.20. The average molecular weight is 346 g/mol. The summed E-state index contributed by atoms with van der Waals surface area (Å²) in [5, 5.41) is 6.80. The Balaban J connectivity index is 1.75. The number of hydrogen-bond acceptors (Lipinski definition) is 5. The van der Waals surface area contributed by atoms with Crippen LogP contribution >= 0.6 is 11.3 Å². The van der Waals surface area contributed by atoms with Gasteiger partial charge >= 0.3 is 0 Å². The largest absolute Gasteiger partial charge is 0.354 e. The normalized spacial score (nSPS) is 15.5. The van der Waals surface area contributed by atoms with Crippen molar-refractivity contribution in [2.75, 3.05) is 18.4 Å². The van der Waals surface area contributed by atoms with Crippen LogP contribution in [0.3, 0.4) is 0 Å². The van der Waals surface area contributed by atoms with Crippen molar-refractivity contribution in [1.82, 2.24) is 15.3 Å². The molecule has 2 aromatic heterocycles. The van der Waals surface area contributed by atoms with Crippen molar-refractivity contribution in [2.24, 2.45) is 0 Å². The van der Waals surface area contributed by atoms with Crippen molar-refractivity contribution in [1.29, 1.82) is 0 Å². The first-order chi connectivity index (χ1) is 11.5. The number of aromatic nitrogens is 2. The van der Waals surface area contributed by atoms with E-state index >= 15 is 0 Å². The van der Waals surface area contributed by atoms with Gasteiger partial charge in [0.15, 0.2) is 10.9 Å². The first-order valence-corrected chi connectivity index (χ1v) is 8.97. The van der Waals surface area contributed by atoms with Crippen LogP contribution in [0.4, 0.5) is 5.13 Å². The lowest BCUT2D eigenvalue weighted by atomic mass is 9.97. The molecule has 0 radical (unpaired) electrons. The van der Waals surface area contributed by atoms with Crippen LogP contribution in [0.5, 0.6) is 0 Å². The predicted molar refractivity (Wildman–Crippen MR) is 95.2 cm³/mol. The van der Waals surface area contributed by atoms with E-state index in [1.54, 1.807) is 13.8 Å². The second-order valence-electron chi connectivity index (χ2n) is 6.23. The summed E-state index contributed by atoms with van der Waals surface area (Å²) in [5.41, 5.74) is 2.43. The molecular weight excluding hydrogens is 324 g/mol. The summed E-state index contributed by atoms with van der Waals surface area (Å²) in [7, 11) is 0. The van der Waals surface area contributed by atoms with Crippen LogP contribution in [0.25, 0.3) is 0 Å². The molecule has 24 heavy (non-hydrogen) atoms. The molecule has 7 heteroatoms. The molecule has 1 fully saturated rings. The van der Waals surface area contributed by atoms with E-state index in [0.717, 1.165) is 31.6 Å². The molecule has 0 spiro atoms. The maximum Gasteiger partial charge on any atom is 0.274 e. The molecule has 0 aromatic carbocycles. The summed E-state index contributed by atoms with van der Waals surface area (Å²) in [5.74, 6) is 0.227. The van der Waals surface area contributed by atoms with Crippen molar-refractivity contribution < 1.29 is 9.59 Å². The number of nitrogens with one attached hydrogen (secondary N) is 3. The van der Waals surface area contributed by atoms with Gasteiger partial charge in [0.05, 0.1) is 0 Å². The summed E-state index contributed by atoms with van der Waals surface area (Å²) in [6.07, 6.45) is 4.07. The van der Waals surface area contributed by atoms with E-state index in [2.05, 4.69) is 20.6 Å². The first kappa shape index (κ1) is 16.9. The molecule has 1 saturated heterocycles. The monoisotopic (exact) mass is 346 g/mol. The molecule has 1 aliphatic heterocycles. The third-order valence-electron chi connectivity index (χ3n) is 4.50. The second kappa shape index (κ2) is 6.86. The molecule has 1 amide bonds. The van der Waals surface area contributed by atoms with Gasteiger partial charge in [-0.1, -0.05) is 0 Å². The Morgan fingerprint density at radius 3 is 2.62 bits per heavy atom. The number of anilines is 1. The highest BCUT2D eigenvalue weighted by Crippen LogP contribution is 2.32. The zero-order valence-electron chi connectivity index (χ0n) is 14.2. The molecule has 0 bridgehead atoms. The highest BCUT2D eigenvalue weighted by Gasteiger charge is 2.22. The van der Waals surface area contributed by atoms with Gasteiger partial charge in [-0.2, -0.15) is 0 Å². The van der Waals surface area contributed by atoms with Crippen LogP contribution < -0.4 is 10.6 Å². The Morgan fingerprint density at radius 1 is 1.29 bits per heavy atom. The fourth-order valence-corrected chi connectivity index (χ4v) is 4.28. The Hall–Kier alpha value is -1.99. The van der Waals surface area contributed by atoms with Crippen LogP contribution in [0.1, 0.15) is 62.7 Å². The number of piperidine rings is 1. The van der Waals surface area contributed by atoms with Gasteiger partial charge in [0.1, 0.15) is 5.69 Å². The molecule has 3 rings (SSSR count). The van der Waals surface area contributed by atoms with Crippen molar-refractivity contribution in [3.8, 4) is 0 Å². The topological polar surface area (TPSA) is 86.9 Å². The highest BCUT2D eigenvalue weighted by atomic mass is 32.1. The molecular formula is C17H22N4O2S. The Bertz CT molecular complexity index is 772. The molecule has 0 saturated carbocycles. The minimum Gasteiger partial charge on any atom is -0.354 e. The van der Waals surface area contributed by atoms with Gasteiger partial charge in [0.2, 0.25) is 0 Å². The van der Waals surface area contributed by atoms with Crippen LogP contribution in [-0.4, -0.2) is 34.7 Å². The van der Waals surface area contributed by atoms with Crippen molar-refractivity contribution in [3.63, 3.8) is 0 Å². The molecule has 2 aromatic rings. The van der Waals surface area contributed by atoms with E-state index in [1.165, 1.54) is 23.1 Å². The molecule has 0 unspecified atom stereocenters. The molecule has 6 nitrogen and oxygen atoms in total. The van der Waals surface area contributed by atoms with Gasteiger partial charge in [0.25, 0.3) is 5.91 Å². The molecule has 0 atom stereocenters. The summed E-state index contributed by atoms with van der Waals surface area (Å²) in [4.78, 5) is 32.8. The fourth-order valence-electron chi connectivity index (χ4n) is 3.30. The lowest BCUT2D eigenvalue weighted by molar-refractivity contribution is 0.101. The molecule has 128 valence electrons. The number of nitrogens with zero attached hydrogens (tertiary/aromatic N) is 1. The van der Waals surface area contributed by atoms with Crippen LogP contribution in [-0.2, 0) is 0 Å².